The van der Waals surface area contributed by atoms with Crippen LogP contribution in [0.3, 0.4) is 0 Å². The summed E-state index contributed by atoms with van der Waals surface area (Å²) in [5.41, 5.74) is 2.49. The molecule has 0 N–H and O–H groups in total. The first-order chi connectivity index (χ1) is 7.41. The highest BCUT2D eigenvalue weighted by atomic mass is 16.1. The molecule has 0 fully saturated rings. The molecule has 1 nitrogen and oxygen atoms in total. The first-order valence-corrected chi connectivity index (χ1v) is 5.99. The number of aryl methyl sites for hydroxylation is 1. The van der Waals surface area contributed by atoms with Gasteiger partial charge in [0.2, 0.25) is 0 Å². The van der Waals surface area contributed by atoms with Gasteiger partial charge in [-0.15, -0.1) is 0 Å². The van der Waals surface area contributed by atoms with Crippen LogP contribution < -0.4 is 0 Å². The van der Waals surface area contributed by atoms with Gasteiger partial charge in [-0.25, -0.2) is 0 Å². The predicted molar refractivity (Wildman–Crippen MR) is 68.7 cm³/mol. The normalized spacial score (nSPS) is 16.6. The summed E-state index contributed by atoms with van der Waals surface area (Å²) in [4.78, 5) is 11.6. The van der Waals surface area contributed by atoms with E-state index in [1.807, 2.05) is 6.92 Å². The minimum absolute atomic E-state index is 0.0421. The van der Waals surface area contributed by atoms with Crippen LogP contribution in [0, 0.1) is 12.8 Å². The fourth-order valence-electron chi connectivity index (χ4n) is 2.14. The standard InChI is InChI=1S/C15H22O/c1-6-15(5,12(3)13(4)16)14-9-7-11(2)8-10-14/h7-10,12H,6H2,1-5H3. The van der Waals surface area contributed by atoms with Crippen LogP contribution in [0.4, 0.5) is 0 Å². The van der Waals surface area contributed by atoms with E-state index in [9.17, 15) is 4.79 Å². The molecule has 1 rings (SSSR count). The summed E-state index contributed by atoms with van der Waals surface area (Å²) in [6.07, 6.45) is 0.983. The Morgan fingerprint density at radius 2 is 1.81 bits per heavy atom. The number of benzene rings is 1. The molecule has 2 unspecified atom stereocenters. The summed E-state index contributed by atoms with van der Waals surface area (Å²) >= 11 is 0. The highest BCUT2D eigenvalue weighted by Crippen LogP contribution is 2.35. The first kappa shape index (κ1) is 13.0. The van der Waals surface area contributed by atoms with E-state index < -0.39 is 0 Å². The Kier molecular flexibility index (Phi) is 3.90. The van der Waals surface area contributed by atoms with Crippen molar-refractivity contribution in [3.8, 4) is 0 Å². The van der Waals surface area contributed by atoms with Crippen LogP contribution in [0.2, 0.25) is 0 Å². The first-order valence-electron chi connectivity index (χ1n) is 5.99. The van der Waals surface area contributed by atoms with Crippen LogP contribution in [0.5, 0.6) is 0 Å². The number of Topliss-reactive ketones (excluding diaryl/α,β-unsaturated/α-hetero) is 1. The Hall–Kier alpha value is -1.11. The molecular weight excluding hydrogens is 196 g/mol. The van der Waals surface area contributed by atoms with E-state index in [2.05, 4.69) is 45.0 Å². The molecule has 0 bridgehead atoms. The maximum Gasteiger partial charge on any atom is 0.133 e. The molecule has 0 heterocycles. The van der Waals surface area contributed by atoms with Crippen LogP contribution in [-0.2, 0) is 10.2 Å². The molecule has 1 aromatic carbocycles. The Labute approximate surface area is 98.9 Å². The molecule has 0 aliphatic carbocycles. The third kappa shape index (κ3) is 2.34. The van der Waals surface area contributed by atoms with Crippen molar-refractivity contribution in [2.24, 2.45) is 5.92 Å². The topological polar surface area (TPSA) is 17.1 Å². The summed E-state index contributed by atoms with van der Waals surface area (Å²) in [5, 5.41) is 0. The summed E-state index contributed by atoms with van der Waals surface area (Å²) in [6, 6.07) is 8.54. The van der Waals surface area contributed by atoms with Gasteiger partial charge in [0.05, 0.1) is 0 Å². The summed E-state index contributed by atoms with van der Waals surface area (Å²) in [7, 11) is 0. The molecule has 1 heteroatoms. The molecule has 2 atom stereocenters. The van der Waals surface area contributed by atoms with Crippen molar-refractivity contribution in [2.45, 2.75) is 46.5 Å². The summed E-state index contributed by atoms with van der Waals surface area (Å²) < 4.78 is 0. The zero-order valence-corrected chi connectivity index (χ0v) is 11.0. The fourth-order valence-corrected chi connectivity index (χ4v) is 2.14. The maximum absolute atomic E-state index is 11.6. The fraction of sp³-hybridized carbons (Fsp3) is 0.533. The van der Waals surface area contributed by atoms with Crippen LogP contribution in [0.15, 0.2) is 24.3 Å². The van der Waals surface area contributed by atoms with E-state index in [-0.39, 0.29) is 17.1 Å². The van der Waals surface area contributed by atoms with E-state index in [0.29, 0.717) is 0 Å². The van der Waals surface area contributed by atoms with E-state index in [1.54, 1.807) is 6.92 Å². The van der Waals surface area contributed by atoms with Gasteiger partial charge in [0.15, 0.2) is 0 Å². The van der Waals surface area contributed by atoms with Crippen molar-refractivity contribution < 1.29 is 4.79 Å². The third-order valence-electron chi connectivity index (χ3n) is 4.01. The summed E-state index contributed by atoms with van der Waals surface area (Å²) in [6.45, 7) is 10.1. The van der Waals surface area contributed by atoms with Crippen LogP contribution >= 0.6 is 0 Å². The highest BCUT2D eigenvalue weighted by molar-refractivity contribution is 5.79. The predicted octanol–water partition coefficient (Wildman–Crippen LogP) is 3.89. The Balaban J connectivity index is 3.14. The lowest BCUT2D eigenvalue weighted by Gasteiger charge is -2.34. The molecular formula is C15H22O. The van der Waals surface area contributed by atoms with Crippen LogP contribution in [-0.4, -0.2) is 5.78 Å². The van der Waals surface area contributed by atoms with Gasteiger partial charge in [0.25, 0.3) is 0 Å². The van der Waals surface area contributed by atoms with Gasteiger partial charge in [-0.05, 0) is 25.8 Å². The van der Waals surface area contributed by atoms with E-state index in [0.717, 1.165) is 6.42 Å². The van der Waals surface area contributed by atoms with Crippen LogP contribution in [0.25, 0.3) is 0 Å². The van der Waals surface area contributed by atoms with Crippen molar-refractivity contribution >= 4 is 5.78 Å². The number of rotatable bonds is 4. The van der Waals surface area contributed by atoms with E-state index >= 15 is 0 Å². The second-order valence-electron chi connectivity index (χ2n) is 4.97. The lowest BCUT2D eigenvalue weighted by atomic mass is 9.69. The number of hydrogen-bond acceptors (Lipinski definition) is 1. The Morgan fingerprint density at radius 3 is 2.19 bits per heavy atom. The smallest absolute Gasteiger partial charge is 0.133 e. The highest BCUT2D eigenvalue weighted by Gasteiger charge is 2.33. The van der Waals surface area contributed by atoms with Gasteiger partial charge < -0.3 is 0 Å². The Bertz CT molecular complexity index is 364. The van der Waals surface area contributed by atoms with Gasteiger partial charge >= 0.3 is 0 Å². The van der Waals surface area contributed by atoms with Crippen molar-refractivity contribution in [1.29, 1.82) is 0 Å². The molecule has 0 saturated heterocycles. The molecule has 88 valence electrons. The van der Waals surface area contributed by atoms with Gasteiger partial charge in [-0.1, -0.05) is 50.6 Å². The molecule has 1 aromatic rings. The zero-order valence-electron chi connectivity index (χ0n) is 11.0. The van der Waals surface area contributed by atoms with Crippen LogP contribution in [0.1, 0.15) is 45.2 Å². The molecule has 16 heavy (non-hydrogen) atoms. The molecule has 0 amide bonds. The van der Waals surface area contributed by atoms with Crippen molar-refractivity contribution in [3.63, 3.8) is 0 Å². The SMILES string of the molecule is CCC(C)(c1ccc(C)cc1)C(C)C(C)=O. The molecule has 0 aliphatic rings. The number of carbonyl (C=O) groups is 1. The summed E-state index contributed by atoms with van der Waals surface area (Å²) in [5.74, 6) is 0.338. The molecule has 0 saturated carbocycles. The van der Waals surface area contributed by atoms with Gasteiger partial charge in [-0.3, -0.25) is 4.79 Å². The molecule has 0 aromatic heterocycles. The third-order valence-corrected chi connectivity index (χ3v) is 4.01. The van der Waals surface area contributed by atoms with Gasteiger partial charge in [0.1, 0.15) is 5.78 Å². The molecule has 0 aliphatic heterocycles. The minimum atomic E-state index is -0.0421. The van der Waals surface area contributed by atoms with Gasteiger partial charge in [0, 0.05) is 11.3 Å². The zero-order chi connectivity index (χ0) is 12.3. The second-order valence-corrected chi connectivity index (χ2v) is 4.97. The lowest BCUT2D eigenvalue weighted by Crippen LogP contribution is -2.33. The number of ketones is 1. The number of hydrogen-bond donors (Lipinski definition) is 0. The van der Waals surface area contributed by atoms with E-state index in [1.165, 1.54) is 11.1 Å². The quantitative estimate of drug-likeness (QED) is 0.749. The monoisotopic (exact) mass is 218 g/mol. The average Bonchev–Trinajstić information content (AvgIpc) is 2.27. The molecule has 0 spiro atoms. The number of carbonyl (C=O) groups excluding carboxylic acids is 1. The maximum atomic E-state index is 11.6. The van der Waals surface area contributed by atoms with Crippen molar-refractivity contribution in [1.82, 2.24) is 0 Å². The average molecular weight is 218 g/mol. The van der Waals surface area contributed by atoms with Crippen molar-refractivity contribution in [2.75, 3.05) is 0 Å². The molecule has 0 radical (unpaired) electrons. The Morgan fingerprint density at radius 1 is 1.31 bits per heavy atom. The van der Waals surface area contributed by atoms with E-state index in [4.69, 9.17) is 0 Å². The largest absolute Gasteiger partial charge is 0.300 e. The van der Waals surface area contributed by atoms with Gasteiger partial charge in [-0.2, -0.15) is 0 Å². The van der Waals surface area contributed by atoms with Crippen molar-refractivity contribution in [3.05, 3.63) is 35.4 Å². The lowest BCUT2D eigenvalue weighted by molar-refractivity contribution is -0.122. The minimum Gasteiger partial charge on any atom is -0.300 e. The second kappa shape index (κ2) is 4.82.